The van der Waals surface area contributed by atoms with Crippen LogP contribution in [0.25, 0.3) is 0 Å². The Balaban J connectivity index is 1.73. The lowest BCUT2D eigenvalue weighted by Gasteiger charge is -2.38. The number of likely N-dealkylation sites (tertiary alicyclic amines) is 1. The first-order valence-corrected chi connectivity index (χ1v) is 8.10. The van der Waals surface area contributed by atoms with Crippen molar-refractivity contribution in [2.24, 2.45) is 0 Å². The van der Waals surface area contributed by atoms with E-state index in [1.807, 2.05) is 19.1 Å². The van der Waals surface area contributed by atoms with Crippen LogP contribution in [0.2, 0.25) is 0 Å². The van der Waals surface area contributed by atoms with Crippen molar-refractivity contribution in [2.45, 2.75) is 32.3 Å². The van der Waals surface area contributed by atoms with Crippen LogP contribution in [0.3, 0.4) is 0 Å². The highest BCUT2D eigenvalue weighted by molar-refractivity contribution is 5.93. The van der Waals surface area contributed by atoms with E-state index in [2.05, 4.69) is 4.98 Å². The molecule has 1 aromatic carbocycles. The van der Waals surface area contributed by atoms with Crippen molar-refractivity contribution in [3.8, 4) is 5.75 Å². The van der Waals surface area contributed by atoms with Crippen LogP contribution in [-0.2, 0) is 4.79 Å². The van der Waals surface area contributed by atoms with E-state index in [9.17, 15) is 14.7 Å². The van der Waals surface area contributed by atoms with E-state index in [0.717, 1.165) is 5.56 Å². The highest BCUT2D eigenvalue weighted by atomic mass is 16.5. The second-order valence-corrected chi connectivity index (χ2v) is 6.27. The Morgan fingerprint density at radius 1 is 1.28 bits per heavy atom. The number of nitrogens with zero attached hydrogens (tertiary/aromatic N) is 2. The average molecular weight is 344 g/mol. The standard InChI is InChI=1S/C18H20N2O5/c1-12-4-3-5-14(10-12)25-18(17(22)23)6-8-20(9-7-18)16(21)15-13(2)24-11-19-15/h3-5,10-11H,6-9H2,1-2H3,(H,22,23). The summed E-state index contributed by atoms with van der Waals surface area (Å²) in [6, 6.07) is 7.29. The Morgan fingerprint density at radius 2 is 2.00 bits per heavy atom. The van der Waals surface area contributed by atoms with Gasteiger partial charge in [-0.3, -0.25) is 4.79 Å². The third-order valence-corrected chi connectivity index (χ3v) is 4.50. The van der Waals surface area contributed by atoms with Gasteiger partial charge in [0.15, 0.2) is 12.1 Å². The zero-order valence-electron chi connectivity index (χ0n) is 14.2. The van der Waals surface area contributed by atoms with Gasteiger partial charge in [-0.1, -0.05) is 12.1 Å². The molecule has 132 valence electrons. The fourth-order valence-corrected chi connectivity index (χ4v) is 3.00. The van der Waals surface area contributed by atoms with E-state index in [4.69, 9.17) is 9.15 Å². The zero-order chi connectivity index (χ0) is 18.0. The van der Waals surface area contributed by atoms with Crippen LogP contribution in [0, 0.1) is 13.8 Å². The number of piperidine rings is 1. The molecule has 1 aliphatic heterocycles. The van der Waals surface area contributed by atoms with Gasteiger partial charge in [0.25, 0.3) is 5.91 Å². The van der Waals surface area contributed by atoms with Gasteiger partial charge in [0, 0.05) is 25.9 Å². The molecule has 25 heavy (non-hydrogen) atoms. The lowest BCUT2D eigenvalue weighted by Crippen LogP contribution is -2.54. The molecule has 0 saturated carbocycles. The number of hydrogen-bond donors (Lipinski definition) is 1. The van der Waals surface area contributed by atoms with E-state index in [1.165, 1.54) is 6.39 Å². The Kier molecular flexibility index (Phi) is 4.48. The van der Waals surface area contributed by atoms with Crippen molar-refractivity contribution in [3.05, 3.63) is 47.7 Å². The van der Waals surface area contributed by atoms with E-state index >= 15 is 0 Å². The Morgan fingerprint density at radius 3 is 2.56 bits per heavy atom. The number of carboxylic acids is 1. The molecule has 0 bridgehead atoms. The first kappa shape index (κ1) is 17.0. The number of aliphatic carboxylic acids is 1. The number of rotatable bonds is 4. The smallest absolute Gasteiger partial charge is 0.348 e. The summed E-state index contributed by atoms with van der Waals surface area (Å²) >= 11 is 0. The number of hydrogen-bond acceptors (Lipinski definition) is 5. The van der Waals surface area contributed by atoms with E-state index in [0.29, 0.717) is 11.5 Å². The molecule has 0 radical (unpaired) electrons. The first-order chi connectivity index (χ1) is 11.9. The summed E-state index contributed by atoms with van der Waals surface area (Å²) in [7, 11) is 0. The molecular formula is C18H20N2O5. The number of amides is 1. The summed E-state index contributed by atoms with van der Waals surface area (Å²) < 4.78 is 10.9. The molecule has 1 aliphatic rings. The minimum atomic E-state index is -1.33. The van der Waals surface area contributed by atoms with Gasteiger partial charge in [-0.15, -0.1) is 0 Å². The average Bonchev–Trinajstić information content (AvgIpc) is 3.01. The minimum absolute atomic E-state index is 0.207. The number of oxazole rings is 1. The van der Waals surface area contributed by atoms with Crippen molar-refractivity contribution >= 4 is 11.9 Å². The molecule has 1 saturated heterocycles. The SMILES string of the molecule is Cc1cccc(OC2(C(=O)O)CCN(C(=O)c3ncoc3C)CC2)c1. The normalized spacial score (nSPS) is 16.5. The van der Waals surface area contributed by atoms with Gasteiger partial charge in [-0.05, 0) is 31.5 Å². The van der Waals surface area contributed by atoms with Crippen molar-refractivity contribution in [1.82, 2.24) is 9.88 Å². The Bertz CT molecular complexity index is 790. The number of carbonyl (C=O) groups is 2. The van der Waals surface area contributed by atoms with Crippen LogP contribution in [0.1, 0.15) is 34.7 Å². The fraction of sp³-hybridized carbons (Fsp3) is 0.389. The van der Waals surface area contributed by atoms with Crippen LogP contribution >= 0.6 is 0 Å². The monoisotopic (exact) mass is 344 g/mol. The van der Waals surface area contributed by atoms with Gasteiger partial charge in [-0.25, -0.2) is 9.78 Å². The van der Waals surface area contributed by atoms with E-state index in [-0.39, 0.29) is 37.5 Å². The van der Waals surface area contributed by atoms with E-state index < -0.39 is 11.6 Å². The van der Waals surface area contributed by atoms with Crippen LogP contribution in [0.4, 0.5) is 0 Å². The summed E-state index contributed by atoms with van der Waals surface area (Å²) in [5.41, 5.74) is -0.0710. The summed E-state index contributed by atoms with van der Waals surface area (Å²) in [6.07, 6.45) is 1.65. The molecule has 2 aromatic rings. The van der Waals surface area contributed by atoms with Crippen molar-refractivity contribution in [1.29, 1.82) is 0 Å². The van der Waals surface area contributed by atoms with Crippen molar-refractivity contribution < 1.29 is 23.8 Å². The second kappa shape index (κ2) is 6.58. The molecule has 7 heteroatoms. The molecule has 1 N–H and O–H groups in total. The van der Waals surface area contributed by atoms with Crippen LogP contribution < -0.4 is 4.74 Å². The zero-order valence-corrected chi connectivity index (χ0v) is 14.2. The van der Waals surface area contributed by atoms with Gasteiger partial charge >= 0.3 is 5.97 Å². The molecule has 0 aliphatic carbocycles. The molecule has 3 rings (SSSR count). The molecule has 1 amide bonds. The number of carboxylic acid groups (broad SMARTS) is 1. The van der Waals surface area contributed by atoms with Gasteiger partial charge in [0.1, 0.15) is 11.5 Å². The number of benzene rings is 1. The minimum Gasteiger partial charge on any atom is -0.478 e. The predicted molar refractivity (Wildman–Crippen MR) is 88.6 cm³/mol. The highest BCUT2D eigenvalue weighted by Crippen LogP contribution is 2.30. The maximum atomic E-state index is 12.5. The topological polar surface area (TPSA) is 92.9 Å². The summed E-state index contributed by atoms with van der Waals surface area (Å²) in [4.78, 5) is 29.9. The molecule has 1 fully saturated rings. The van der Waals surface area contributed by atoms with Gasteiger partial charge in [0.05, 0.1) is 0 Å². The molecule has 0 atom stereocenters. The summed E-state index contributed by atoms with van der Waals surface area (Å²) in [6.45, 7) is 4.15. The Labute approximate surface area is 145 Å². The summed E-state index contributed by atoms with van der Waals surface area (Å²) in [5, 5.41) is 9.72. The molecule has 0 spiro atoms. The van der Waals surface area contributed by atoms with Crippen LogP contribution in [-0.4, -0.2) is 45.6 Å². The number of ether oxygens (including phenoxy) is 1. The fourth-order valence-electron chi connectivity index (χ4n) is 3.00. The number of carbonyl (C=O) groups excluding carboxylic acids is 1. The third kappa shape index (κ3) is 3.35. The second-order valence-electron chi connectivity index (χ2n) is 6.27. The van der Waals surface area contributed by atoms with Crippen molar-refractivity contribution in [2.75, 3.05) is 13.1 Å². The van der Waals surface area contributed by atoms with Gasteiger partial charge in [-0.2, -0.15) is 0 Å². The van der Waals surface area contributed by atoms with Crippen molar-refractivity contribution in [3.63, 3.8) is 0 Å². The highest BCUT2D eigenvalue weighted by Gasteiger charge is 2.45. The largest absolute Gasteiger partial charge is 0.478 e. The molecule has 7 nitrogen and oxygen atoms in total. The van der Waals surface area contributed by atoms with Crippen LogP contribution in [0.5, 0.6) is 5.75 Å². The first-order valence-electron chi connectivity index (χ1n) is 8.10. The lowest BCUT2D eigenvalue weighted by molar-refractivity contribution is -0.159. The number of aromatic nitrogens is 1. The Hall–Kier alpha value is -2.83. The maximum absolute atomic E-state index is 12.5. The quantitative estimate of drug-likeness (QED) is 0.916. The molecule has 2 heterocycles. The molecule has 0 unspecified atom stereocenters. The lowest BCUT2D eigenvalue weighted by atomic mass is 9.90. The number of aryl methyl sites for hydroxylation is 2. The molecular weight excluding hydrogens is 324 g/mol. The van der Waals surface area contributed by atoms with Gasteiger partial charge in [0.2, 0.25) is 5.60 Å². The van der Waals surface area contributed by atoms with Crippen LogP contribution in [0.15, 0.2) is 35.1 Å². The predicted octanol–water partition coefficient (Wildman–Crippen LogP) is 2.43. The van der Waals surface area contributed by atoms with Gasteiger partial charge < -0.3 is 19.2 Å². The summed E-state index contributed by atoms with van der Waals surface area (Å²) in [5.74, 6) is -0.287. The molecule has 1 aromatic heterocycles. The maximum Gasteiger partial charge on any atom is 0.348 e. The van der Waals surface area contributed by atoms with E-state index in [1.54, 1.807) is 24.0 Å². The third-order valence-electron chi connectivity index (χ3n) is 4.50.